The first-order valence-electron chi connectivity index (χ1n) is 19.8. The molecule has 10 aromatic rings. The van der Waals surface area contributed by atoms with Crippen LogP contribution < -0.4 is 4.90 Å². The SMILES string of the molecule is CC1(C)c2ccccc2-c2ccc(N(c3ccc(-c4ccc5c(c4)oc4c(-c6ccccc6)cc6ccccc6c45)cc3)c3cccc(-c4ccccc4)c3)cc21. The van der Waals surface area contributed by atoms with E-state index in [0.29, 0.717) is 0 Å². The molecule has 0 atom stereocenters. The molecule has 11 rings (SSSR count). The molecule has 0 aliphatic heterocycles. The van der Waals surface area contributed by atoms with Crippen LogP contribution in [0.1, 0.15) is 25.0 Å². The highest BCUT2D eigenvalue weighted by Crippen LogP contribution is 2.51. The Balaban J connectivity index is 1.02. The smallest absolute Gasteiger partial charge is 0.143 e. The van der Waals surface area contributed by atoms with E-state index in [2.05, 4.69) is 219 Å². The summed E-state index contributed by atoms with van der Waals surface area (Å²) in [6.45, 7) is 4.70. The van der Waals surface area contributed by atoms with Crippen molar-refractivity contribution in [1.82, 2.24) is 0 Å². The van der Waals surface area contributed by atoms with Crippen molar-refractivity contribution < 1.29 is 4.42 Å². The number of furan rings is 1. The van der Waals surface area contributed by atoms with Gasteiger partial charge in [-0.15, -0.1) is 0 Å². The lowest BCUT2D eigenvalue weighted by Crippen LogP contribution is -2.16. The quantitative estimate of drug-likeness (QED) is 0.169. The molecule has 1 heterocycles. The largest absolute Gasteiger partial charge is 0.455 e. The summed E-state index contributed by atoms with van der Waals surface area (Å²) in [6.07, 6.45) is 0. The van der Waals surface area contributed by atoms with Gasteiger partial charge in [-0.3, -0.25) is 0 Å². The van der Waals surface area contributed by atoms with E-state index in [1.165, 1.54) is 44.2 Å². The number of benzene rings is 9. The number of anilines is 3. The zero-order valence-electron chi connectivity index (χ0n) is 31.9. The van der Waals surface area contributed by atoms with Gasteiger partial charge >= 0.3 is 0 Å². The Labute approximate surface area is 332 Å². The van der Waals surface area contributed by atoms with Gasteiger partial charge in [-0.25, -0.2) is 0 Å². The molecular weight excluding hydrogens is 691 g/mol. The number of rotatable bonds is 6. The van der Waals surface area contributed by atoms with Gasteiger partial charge in [0.1, 0.15) is 11.2 Å². The molecule has 1 aromatic heterocycles. The maximum atomic E-state index is 6.80. The number of nitrogens with zero attached hydrogens (tertiary/aromatic N) is 1. The molecule has 0 saturated heterocycles. The van der Waals surface area contributed by atoms with Gasteiger partial charge in [-0.2, -0.15) is 0 Å². The molecule has 0 spiro atoms. The summed E-state index contributed by atoms with van der Waals surface area (Å²) in [7, 11) is 0. The summed E-state index contributed by atoms with van der Waals surface area (Å²) in [5.41, 5.74) is 17.3. The first-order chi connectivity index (χ1) is 28.0. The zero-order valence-corrected chi connectivity index (χ0v) is 31.9. The summed E-state index contributed by atoms with van der Waals surface area (Å²) in [6, 6.07) is 72.5. The summed E-state index contributed by atoms with van der Waals surface area (Å²) < 4.78 is 6.80. The van der Waals surface area contributed by atoms with Crippen LogP contribution in [0.2, 0.25) is 0 Å². The van der Waals surface area contributed by atoms with Gasteiger partial charge in [0.15, 0.2) is 0 Å². The Bertz CT molecular complexity index is 3140. The molecule has 0 saturated carbocycles. The summed E-state index contributed by atoms with van der Waals surface area (Å²) in [5, 5.41) is 4.71. The summed E-state index contributed by atoms with van der Waals surface area (Å²) in [4.78, 5) is 2.40. The van der Waals surface area contributed by atoms with Crippen molar-refractivity contribution in [3.8, 4) is 44.5 Å². The molecule has 2 nitrogen and oxygen atoms in total. The minimum Gasteiger partial charge on any atom is -0.455 e. The molecular formula is C55H39NO. The van der Waals surface area contributed by atoms with E-state index >= 15 is 0 Å². The van der Waals surface area contributed by atoms with E-state index < -0.39 is 0 Å². The predicted molar refractivity (Wildman–Crippen MR) is 240 cm³/mol. The monoisotopic (exact) mass is 729 g/mol. The van der Waals surface area contributed by atoms with Crippen LogP contribution >= 0.6 is 0 Å². The van der Waals surface area contributed by atoms with E-state index in [1.54, 1.807) is 0 Å². The van der Waals surface area contributed by atoms with Crippen molar-refractivity contribution >= 4 is 49.8 Å². The molecule has 270 valence electrons. The Hall–Kier alpha value is -7.16. The van der Waals surface area contributed by atoms with Crippen LogP contribution in [0.3, 0.4) is 0 Å². The third kappa shape index (κ3) is 5.40. The maximum Gasteiger partial charge on any atom is 0.143 e. The minimum absolute atomic E-state index is 0.104. The second kappa shape index (κ2) is 13.0. The van der Waals surface area contributed by atoms with E-state index in [-0.39, 0.29) is 5.41 Å². The first kappa shape index (κ1) is 33.2. The average Bonchev–Trinajstić information content (AvgIpc) is 3.76. The van der Waals surface area contributed by atoms with Crippen molar-refractivity contribution in [1.29, 1.82) is 0 Å². The Morgan fingerprint density at radius 3 is 1.82 bits per heavy atom. The number of hydrogen-bond acceptors (Lipinski definition) is 2. The highest BCUT2D eigenvalue weighted by atomic mass is 16.3. The number of fused-ring (bicyclic) bond motifs is 8. The molecule has 1 aliphatic rings. The van der Waals surface area contributed by atoms with Crippen LogP contribution in [0.4, 0.5) is 17.1 Å². The Kier molecular flexibility index (Phi) is 7.55. The molecule has 2 heteroatoms. The van der Waals surface area contributed by atoms with E-state index in [0.717, 1.165) is 61.3 Å². The number of hydrogen-bond donors (Lipinski definition) is 0. The van der Waals surface area contributed by atoms with Gasteiger partial charge in [0, 0.05) is 38.8 Å². The molecule has 0 bridgehead atoms. The molecule has 0 amide bonds. The van der Waals surface area contributed by atoms with Crippen LogP contribution in [-0.4, -0.2) is 0 Å². The highest BCUT2D eigenvalue weighted by Gasteiger charge is 2.35. The minimum atomic E-state index is -0.104. The van der Waals surface area contributed by atoms with E-state index in [9.17, 15) is 0 Å². The van der Waals surface area contributed by atoms with Gasteiger partial charge in [-0.05, 0) is 115 Å². The molecule has 9 aromatic carbocycles. The second-order valence-electron chi connectivity index (χ2n) is 15.7. The third-order valence-electron chi connectivity index (χ3n) is 12.0. The average molecular weight is 730 g/mol. The van der Waals surface area contributed by atoms with Gasteiger partial charge in [0.05, 0.1) is 0 Å². The lowest BCUT2D eigenvalue weighted by atomic mass is 9.82. The van der Waals surface area contributed by atoms with Gasteiger partial charge in [0.25, 0.3) is 0 Å². The van der Waals surface area contributed by atoms with Crippen molar-refractivity contribution in [3.63, 3.8) is 0 Å². The fourth-order valence-corrected chi connectivity index (χ4v) is 9.17. The van der Waals surface area contributed by atoms with Crippen LogP contribution in [0.25, 0.3) is 77.2 Å². The standard InChI is InChI=1S/C55H39NO/c1-55(2)50-23-12-11-22-46(50)47-31-29-44(35-51(47)55)56(43-20-13-19-39(32-43)36-14-5-3-6-15-36)42-27-24-37(25-28-42)40-26-30-48-52(34-40)57-54-49(38-16-7-4-8-17-38)33-41-18-9-10-21-45(41)53(48)54/h3-35H,1-2H3. The lowest BCUT2D eigenvalue weighted by molar-refractivity contribution is 0.660. The summed E-state index contributed by atoms with van der Waals surface area (Å²) in [5.74, 6) is 0. The molecule has 1 aliphatic carbocycles. The zero-order chi connectivity index (χ0) is 38.1. The summed E-state index contributed by atoms with van der Waals surface area (Å²) >= 11 is 0. The van der Waals surface area contributed by atoms with Crippen molar-refractivity contribution in [2.24, 2.45) is 0 Å². The second-order valence-corrected chi connectivity index (χ2v) is 15.7. The van der Waals surface area contributed by atoms with E-state index in [1.807, 2.05) is 0 Å². The van der Waals surface area contributed by atoms with Crippen molar-refractivity contribution in [2.75, 3.05) is 4.90 Å². The van der Waals surface area contributed by atoms with Crippen LogP contribution in [0, 0.1) is 0 Å². The third-order valence-corrected chi connectivity index (χ3v) is 12.0. The van der Waals surface area contributed by atoms with Crippen LogP contribution in [0.15, 0.2) is 205 Å². The normalized spacial score (nSPS) is 12.9. The topological polar surface area (TPSA) is 16.4 Å². The fourth-order valence-electron chi connectivity index (χ4n) is 9.17. The molecule has 57 heavy (non-hydrogen) atoms. The molecule has 0 fully saturated rings. The Morgan fingerprint density at radius 1 is 0.386 bits per heavy atom. The van der Waals surface area contributed by atoms with Crippen molar-refractivity contribution in [3.05, 3.63) is 211 Å². The van der Waals surface area contributed by atoms with Gasteiger partial charge in [0.2, 0.25) is 0 Å². The van der Waals surface area contributed by atoms with Crippen LogP contribution in [-0.2, 0) is 5.41 Å². The first-order valence-corrected chi connectivity index (χ1v) is 19.8. The fraction of sp³-hybridized carbons (Fsp3) is 0.0545. The van der Waals surface area contributed by atoms with Crippen molar-refractivity contribution in [2.45, 2.75) is 19.3 Å². The highest BCUT2D eigenvalue weighted by molar-refractivity contribution is 6.22. The Morgan fingerprint density at radius 2 is 1.00 bits per heavy atom. The predicted octanol–water partition coefficient (Wildman–Crippen LogP) is 15.5. The van der Waals surface area contributed by atoms with E-state index in [4.69, 9.17) is 4.42 Å². The molecule has 0 unspecified atom stereocenters. The van der Waals surface area contributed by atoms with Gasteiger partial charge < -0.3 is 9.32 Å². The lowest BCUT2D eigenvalue weighted by Gasteiger charge is -2.28. The molecule has 0 N–H and O–H groups in total. The van der Waals surface area contributed by atoms with Crippen LogP contribution in [0.5, 0.6) is 0 Å². The molecule has 0 radical (unpaired) electrons. The van der Waals surface area contributed by atoms with Gasteiger partial charge in [-0.1, -0.05) is 159 Å². The maximum absolute atomic E-state index is 6.80.